The van der Waals surface area contributed by atoms with Gasteiger partial charge in [-0.25, -0.2) is 0 Å². The number of rotatable bonds is 2. The molecular formula is C12H16N2O2. The van der Waals surface area contributed by atoms with Crippen LogP contribution in [0.3, 0.4) is 0 Å². The number of hydrogen-bond donors (Lipinski definition) is 1. The predicted molar refractivity (Wildman–Crippen MR) is 63.6 cm³/mol. The smallest absolute Gasteiger partial charge is 0.226 e. The summed E-state index contributed by atoms with van der Waals surface area (Å²) in [5, 5.41) is 0. The molecule has 86 valence electrons. The molecule has 2 rings (SSSR count). The SMILES string of the molecule is COc1cc(N2CCCCC2=O)ccc1N. The lowest BCUT2D eigenvalue weighted by molar-refractivity contribution is -0.119. The molecule has 1 saturated heterocycles. The first-order chi connectivity index (χ1) is 7.72. The molecule has 0 saturated carbocycles. The van der Waals surface area contributed by atoms with Gasteiger partial charge in [0, 0.05) is 24.7 Å². The summed E-state index contributed by atoms with van der Waals surface area (Å²) < 4.78 is 5.15. The van der Waals surface area contributed by atoms with Crippen molar-refractivity contribution < 1.29 is 9.53 Å². The Hall–Kier alpha value is -1.71. The first-order valence-corrected chi connectivity index (χ1v) is 5.46. The van der Waals surface area contributed by atoms with Crippen molar-refractivity contribution in [1.82, 2.24) is 0 Å². The van der Waals surface area contributed by atoms with Crippen LogP contribution in [0, 0.1) is 0 Å². The van der Waals surface area contributed by atoms with Gasteiger partial charge in [0.25, 0.3) is 0 Å². The number of anilines is 2. The van der Waals surface area contributed by atoms with Gasteiger partial charge in [-0.15, -0.1) is 0 Å². The molecule has 1 fully saturated rings. The maximum Gasteiger partial charge on any atom is 0.226 e. The molecule has 2 N–H and O–H groups in total. The Bertz CT molecular complexity index is 404. The van der Waals surface area contributed by atoms with Crippen molar-refractivity contribution >= 4 is 17.3 Å². The fourth-order valence-corrected chi connectivity index (χ4v) is 1.95. The highest BCUT2D eigenvalue weighted by molar-refractivity contribution is 5.94. The average Bonchev–Trinajstić information content (AvgIpc) is 2.31. The van der Waals surface area contributed by atoms with Gasteiger partial charge in [0.1, 0.15) is 5.75 Å². The number of amides is 1. The molecule has 1 aromatic carbocycles. The second-order valence-corrected chi connectivity index (χ2v) is 3.93. The quantitative estimate of drug-likeness (QED) is 0.773. The standard InChI is InChI=1S/C12H16N2O2/c1-16-11-8-9(5-6-10(11)13)14-7-3-2-4-12(14)15/h5-6,8H,2-4,7,13H2,1H3. The normalized spacial score (nSPS) is 16.3. The summed E-state index contributed by atoms with van der Waals surface area (Å²) in [5.74, 6) is 0.800. The Kier molecular flexibility index (Phi) is 2.99. The summed E-state index contributed by atoms with van der Waals surface area (Å²) >= 11 is 0. The van der Waals surface area contributed by atoms with Gasteiger partial charge in [-0.1, -0.05) is 0 Å². The molecule has 1 amide bonds. The Morgan fingerprint density at radius 1 is 1.38 bits per heavy atom. The fourth-order valence-electron chi connectivity index (χ4n) is 1.95. The number of hydrogen-bond acceptors (Lipinski definition) is 3. The number of nitrogens with zero attached hydrogens (tertiary/aromatic N) is 1. The van der Waals surface area contributed by atoms with Crippen LogP contribution in [0.5, 0.6) is 5.75 Å². The van der Waals surface area contributed by atoms with E-state index in [1.54, 1.807) is 18.1 Å². The van der Waals surface area contributed by atoms with Crippen LogP contribution in [0.4, 0.5) is 11.4 Å². The number of carbonyl (C=O) groups is 1. The zero-order valence-corrected chi connectivity index (χ0v) is 9.40. The number of benzene rings is 1. The lowest BCUT2D eigenvalue weighted by Crippen LogP contribution is -2.35. The number of methoxy groups -OCH3 is 1. The van der Waals surface area contributed by atoms with Crippen LogP contribution < -0.4 is 15.4 Å². The number of ether oxygens (including phenoxy) is 1. The topological polar surface area (TPSA) is 55.6 Å². The zero-order valence-electron chi connectivity index (χ0n) is 9.40. The highest BCUT2D eigenvalue weighted by Gasteiger charge is 2.20. The molecule has 0 radical (unpaired) electrons. The molecule has 0 atom stereocenters. The van der Waals surface area contributed by atoms with Crippen LogP contribution in [-0.2, 0) is 4.79 Å². The molecule has 1 aliphatic rings. The third-order valence-electron chi connectivity index (χ3n) is 2.85. The van der Waals surface area contributed by atoms with Gasteiger partial charge in [-0.05, 0) is 25.0 Å². The van der Waals surface area contributed by atoms with Crippen LogP contribution >= 0.6 is 0 Å². The van der Waals surface area contributed by atoms with Crippen molar-refractivity contribution in [3.8, 4) is 5.75 Å². The van der Waals surface area contributed by atoms with E-state index in [9.17, 15) is 4.79 Å². The van der Waals surface area contributed by atoms with Crippen LogP contribution in [0.25, 0.3) is 0 Å². The highest BCUT2D eigenvalue weighted by Crippen LogP contribution is 2.29. The molecule has 4 heteroatoms. The van der Waals surface area contributed by atoms with Crippen LogP contribution in [0.2, 0.25) is 0 Å². The molecule has 4 nitrogen and oxygen atoms in total. The van der Waals surface area contributed by atoms with Crippen molar-refractivity contribution in [3.63, 3.8) is 0 Å². The van der Waals surface area contributed by atoms with Gasteiger partial charge >= 0.3 is 0 Å². The van der Waals surface area contributed by atoms with Crippen molar-refractivity contribution in [2.75, 3.05) is 24.3 Å². The van der Waals surface area contributed by atoms with Crippen LogP contribution in [-0.4, -0.2) is 19.6 Å². The molecule has 0 aromatic heterocycles. The maximum absolute atomic E-state index is 11.7. The van der Waals surface area contributed by atoms with Gasteiger partial charge < -0.3 is 15.4 Å². The Morgan fingerprint density at radius 2 is 2.19 bits per heavy atom. The van der Waals surface area contributed by atoms with Crippen molar-refractivity contribution in [3.05, 3.63) is 18.2 Å². The monoisotopic (exact) mass is 220 g/mol. The van der Waals surface area contributed by atoms with Gasteiger partial charge in [0.15, 0.2) is 0 Å². The van der Waals surface area contributed by atoms with Gasteiger partial charge in [-0.2, -0.15) is 0 Å². The molecule has 1 heterocycles. The third kappa shape index (κ3) is 1.96. The molecule has 0 spiro atoms. The van der Waals surface area contributed by atoms with E-state index >= 15 is 0 Å². The average molecular weight is 220 g/mol. The summed E-state index contributed by atoms with van der Waals surface area (Å²) in [6, 6.07) is 5.45. The summed E-state index contributed by atoms with van der Waals surface area (Å²) in [7, 11) is 1.58. The van der Waals surface area contributed by atoms with Gasteiger partial charge in [-0.3, -0.25) is 4.79 Å². The summed E-state index contributed by atoms with van der Waals surface area (Å²) in [6.07, 6.45) is 2.67. The molecule has 16 heavy (non-hydrogen) atoms. The van der Waals surface area contributed by atoms with Crippen molar-refractivity contribution in [2.45, 2.75) is 19.3 Å². The van der Waals surface area contributed by atoms with Gasteiger partial charge in [0.05, 0.1) is 12.8 Å². The van der Waals surface area contributed by atoms with Crippen molar-refractivity contribution in [2.24, 2.45) is 0 Å². The first-order valence-electron chi connectivity index (χ1n) is 5.46. The predicted octanol–water partition coefficient (Wildman–Crippen LogP) is 1.79. The van der Waals surface area contributed by atoms with E-state index in [0.717, 1.165) is 25.1 Å². The van der Waals surface area contributed by atoms with E-state index in [4.69, 9.17) is 10.5 Å². The van der Waals surface area contributed by atoms with E-state index in [0.29, 0.717) is 17.9 Å². The Morgan fingerprint density at radius 3 is 2.88 bits per heavy atom. The second kappa shape index (κ2) is 4.43. The van der Waals surface area contributed by atoms with E-state index in [-0.39, 0.29) is 5.91 Å². The number of nitrogens with two attached hydrogens (primary N) is 1. The van der Waals surface area contributed by atoms with Crippen LogP contribution in [0.1, 0.15) is 19.3 Å². The molecule has 0 bridgehead atoms. The Balaban J connectivity index is 2.29. The lowest BCUT2D eigenvalue weighted by Gasteiger charge is -2.27. The van der Waals surface area contributed by atoms with E-state index in [2.05, 4.69) is 0 Å². The third-order valence-corrected chi connectivity index (χ3v) is 2.85. The highest BCUT2D eigenvalue weighted by atomic mass is 16.5. The fraction of sp³-hybridized carbons (Fsp3) is 0.417. The van der Waals surface area contributed by atoms with Crippen molar-refractivity contribution in [1.29, 1.82) is 0 Å². The zero-order chi connectivity index (χ0) is 11.5. The minimum Gasteiger partial charge on any atom is -0.495 e. The summed E-state index contributed by atoms with van der Waals surface area (Å²) in [5.41, 5.74) is 7.20. The largest absolute Gasteiger partial charge is 0.495 e. The maximum atomic E-state index is 11.7. The molecule has 1 aliphatic heterocycles. The lowest BCUT2D eigenvalue weighted by atomic mass is 10.1. The summed E-state index contributed by atoms with van der Waals surface area (Å²) in [6.45, 7) is 0.784. The second-order valence-electron chi connectivity index (χ2n) is 3.93. The van der Waals surface area contributed by atoms with Crippen LogP contribution in [0.15, 0.2) is 18.2 Å². The minimum atomic E-state index is 0.179. The van der Waals surface area contributed by atoms with Gasteiger partial charge in [0.2, 0.25) is 5.91 Å². The molecule has 0 unspecified atom stereocenters. The molecule has 0 aliphatic carbocycles. The number of piperidine rings is 1. The molecule has 1 aromatic rings. The van der Waals surface area contributed by atoms with E-state index < -0.39 is 0 Å². The minimum absolute atomic E-state index is 0.179. The van der Waals surface area contributed by atoms with E-state index in [1.807, 2.05) is 12.1 Å². The number of carbonyl (C=O) groups excluding carboxylic acids is 1. The van der Waals surface area contributed by atoms with E-state index in [1.165, 1.54) is 0 Å². The first kappa shape index (κ1) is 10.8. The molecular weight excluding hydrogens is 204 g/mol. The summed E-state index contributed by atoms with van der Waals surface area (Å²) in [4.78, 5) is 13.5. The Labute approximate surface area is 95.0 Å². The number of nitrogen functional groups attached to an aromatic ring is 1.